The minimum absolute atomic E-state index is 0.746. The van der Waals surface area contributed by atoms with Gasteiger partial charge < -0.3 is 0 Å². The van der Waals surface area contributed by atoms with Crippen LogP contribution in [0.3, 0.4) is 0 Å². The van der Waals surface area contributed by atoms with E-state index in [2.05, 4.69) is 51.2 Å². The highest BCUT2D eigenvalue weighted by molar-refractivity contribution is 9.09. The summed E-state index contributed by atoms with van der Waals surface area (Å²) in [4.78, 5) is 2.57. The maximum Gasteiger partial charge on any atom is 0.0237 e. The van der Waals surface area contributed by atoms with E-state index in [9.17, 15) is 0 Å². The number of nitrogens with zero attached hydrogens (tertiary/aromatic N) is 1. The first-order valence-corrected chi connectivity index (χ1v) is 6.36. The van der Waals surface area contributed by atoms with Crippen LogP contribution in [0.2, 0.25) is 0 Å². The number of rotatable bonds is 3. The van der Waals surface area contributed by atoms with E-state index in [0.717, 1.165) is 17.9 Å². The molecule has 1 atom stereocenters. The molecule has 2 heteroatoms. The fraction of sp³-hybridized carbons (Fsp3) is 0.500. The molecule has 0 aromatic heterocycles. The molecule has 0 spiro atoms. The third-order valence-electron chi connectivity index (χ3n) is 2.91. The Balaban J connectivity index is 1.97. The number of halogens is 1. The molecule has 1 aliphatic rings. The van der Waals surface area contributed by atoms with Gasteiger partial charge in [-0.2, -0.15) is 0 Å². The standard InChI is InChI=1S/C12H16BrN/c13-9-12-7-4-8-14(12)10-11-5-2-1-3-6-11/h1-3,5-6,12H,4,7-10H2/t12-/m0/s1. The molecule has 0 saturated carbocycles. The number of alkyl halides is 1. The first-order valence-electron chi connectivity index (χ1n) is 5.24. The van der Waals surface area contributed by atoms with Crippen LogP contribution in [0.25, 0.3) is 0 Å². The van der Waals surface area contributed by atoms with Crippen LogP contribution in [0.5, 0.6) is 0 Å². The predicted octanol–water partition coefficient (Wildman–Crippen LogP) is 3.05. The van der Waals surface area contributed by atoms with Crippen LogP contribution in [-0.4, -0.2) is 22.8 Å². The van der Waals surface area contributed by atoms with Crippen LogP contribution in [0.15, 0.2) is 30.3 Å². The SMILES string of the molecule is BrC[C@@H]1CCCN1Cc1ccccc1. The molecule has 1 aromatic carbocycles. The molecular formula is C12H16BrN. The van der Waals surface area contributed by atoms with Gasteiger partial charge in [0.1, 0.15) is 0 Å². The highest BCUT2D eigenvalue weighted by Gasteiger charge is 2.22. The Hall–Kier alpha value is -0.340. The van der Waals surface area contributed by atoms with Gasteiger partial charge in [-0.05, 0) is 24.9 Å². The number of likely N-dealkylation sites (tertiary alicyclic amines) is 1. The number of benzene rings is 1. The van der Waals surface area contributed by atoms with E-state index >= 15 is 0 Å². The minimum atomic E-state index is 0.746. The molecule has 0 bridgehead atoms. The maximum atomic E-state index is 3.59. The highest BCUT2D eigenvalue weighted by Crippen LogP contribution is 2.21. The van der Waals surface area contributed by atoms with E-state index in [0.29, 0.717) is 0 Å². The Morgan fingerprint density at radius 1 is 1.29 bits per heavy atom. The zero-order valence-corrected chi connectivity index (χ0v) is 9.91. The van der Waals surface area contributed by atoms with Gasteiger partial charge in [-0.25, -0.2) is 0 Å². The second kappa shape index (κ2) is 4.94. The van der Waals surface area contributed by atoms with E-state index in [4.69, 9.17) is 0 Å². The van der Waals surface area contributed by atoms with Gasteiger partial charge in [-0.3, -0.25) is 4.90 Å². The fourth-order valence-corrected chi connectivity index (χ4v) is 2.83. The summed E-state index contributed by atoms with van der Waals surface area (Å²) in [5, 5.41) is 1.11. The molecular weight excluding hydrogens is 238 g/mol. The Bertz CT molecular complexity index is 273. The van der Waals surface area contributed by atoms with E-state index < -0.39 is 0 Å². The highest BCUT2D eigenvalue weighted by atomic mass is 79.9. The van der Waals surface area contributed by atoms with Crippen molar-refractivity contribution >= 4 is 15.9 Å². The average molecular weight is 254 g/mol. The maximum absolute atomic E-state index is 3.59. The molecule has 1 nitrogen and oxygen atoms in total. The minimum Gasteiger partial charge on any atom is -0.295 e. The molecule has 0 radical (unpaired) electrons. The molecule has 0 unspecified atom stereocenters. The van der Waals surface area contributed by atoms with Gasteiger partial charge in [0, 0.05) is 17.9 Å². The summed E-state index contributed by atoms with van der Waals surface area (Å²) < 4.78 is 0. The Labute approximate surface area is 94.2 Å². The zero-order valence-electron chi connectivity index (χ0n) is 8.32. The molecule has 1 saturated heterocycles. The second-order valence-corrected chi connectivity index (χ2v) is 4.55. The first kappa shape index (κ1) is 10.2. The van der Waals surface area contributed by atoms with Crippen molar-refractivity contribution in [3.05, 3.63) is 35.9 Å². The van der Waals surface area contributed by atoms with Crippen LogP contribution in [0.4, 0.5) is 0 Å². The van der Waals surface area contributed by atoms with E-state index in [-0.39, 0.29) is 0 Å². The zero-order chi connectivity index (χ0) is 9.80. The lowest BCUT2D eigenvalue weighted by Gasteiger charge is -2.22. The Kier molecular flexibility index (Phi) is 3.60. The van der Waals surface area contributed by atoms with Crippen LogP contribution in [0, 0.1) is 0 Å². The average Bonchev–Trinajstić information content (AvgIpc) is 2.67. The van der Waals surface area contributed by atoms with Crippen molar-refractivity contribution in [1.29, 1.82) is 0 Å². The lowest BCUT2D eigenvalue weighted by Crippen LogP contribution is -2.29. The normalized spacial score (nSPS) is 22.8. The van der Waals surface area contributed by atoms with Gasteiger partial charge in [-0.15, -0.1) is 0 Å². The fourth-order valence-electron chi connectivity index (χ4n) is 2.10. The van der Waals surface area contributed by atoms with Crippen molar-refractivity contribution in [3.8, 4) is 0 Å². The molecule has 1 aromatic rings. The van der Waals surface area contributed by atoms with E-state index in [1.165, 1.54) is 24.9 Å². The smallest absolute Gasteiger partial charge is 0.0237 e. The van der Waals surface area contributed by atoms with E-state index in [1.807, 2.05) is 0 Å². The third kappa shape index (κ3) is 2.37. The second-order valence-electron chi connectivity index (χ2n) is 3.91. The number of hydrogen-bond acceptors (Lipinski definition) is 1. The molecule has 1 fully saturated rings. The van der Waals surface area contributed by atoms with Crippen LogP contribution >= 0.6 is 15.9 Å². The van der Waals surface area contributed by atoms with Crippen molar-refractivity contribution in [1.82, 2.24) is 4.90 Å². The lowest BCUT2D eigenvalue weighted by molar-refractivity contribution is 0.265. The first-order chi connectivity index (χ1) is 6.90. The largest absolute Gasteiger partial charge is 0.295 e. The van der Waals surface area contributed by atoms with Gasteiger partial charge in [0.05, 0.1) is 0 Å². The molecule has 1 heterocycles. The summed E-state index contributed by atoms with van der Waals surface area (Å²) in [6.07, 6.45) is 2.70. The van der Waals surface area contributed by atoms with Crippen LogP contribution in [-0.2, 0) is 6.54 Å². The summed E-state index contributed by atoms with van der Waals surface area (Å²) >= 11 is 3.59. The molecule has 2 rings (SSSR count). The van der Waals surface area contributed by atoms with Crippen molar-refractivity contribution in [2.75, 3.05) is 11.9 Å². The van der Waals surface area contributed by atoms with Gasteiger partial charge in [0.25, 0.3) is 0 Å². The van der Waals surface area contributed by atoms with Crippen molar-refractivity contribution < 1.29 is 0 Å². The molecule has 1 aliphatic heterocycles. The molecule has 0 amide bonds. The van der Waals surface area contributed by atoms with Crippen molar-refractivity contribution in [2.24, 2.45) is 0 Å². The lowest BCUT2D eigenvalue weighted by atomic mass is 10.2. The summed E-state index contributed by atoms with van der Waals surface area (Å²) in [5.41, 5.74) is 1.43. The Morgan fingerprint density at radius 2 is 2.07 bits per heavy atom. The quantitative estimate of drug-likeness (QED) is 0.749. The van der Waals surface area contributed by atoms with Crippen molar-refractivity contribution in [2.45, 2.75) is 25.4 Å². The molecule has 76 valence electrons. The molecule has 0 N–H and O–H groups in total. The predicted molar refractivity (Wildman–Crippen MR) is 63.7 cm³/mol. The van der Waals surface area contributed by atoms with Crippen molar-refractivity contribution in [3.63, 3.8) is 0 Å². The Morgan fingerprint density at radius 3 is 2.79 bits per heavy atom. The van der Waals surface area contributed by atoms with Gasteiger partial charge >= 0.3 is 0 Å². The topological polar surface area (TPSA) is 3.24 Å². The summed E-state index contributed by atoms with van der Waals surface area (Å²) in [6.45, 7) is 2.36. The summed E-state index contributed by atoms with van der Waals surface area (Å²) in [7, 11) is 0. The molecule has 0 aliphatic carbocycles. The van der Waals surface area contributed by atoms with Gasteiger partial charge in [0.15, 0.2) is 0 Å². The van der Waals surface area contributed by atoms with Gasteiger partial charge in [0.2, 0.25) is 0 Å². The summed E-state index contributed by atoms with van der Waals surface area (Å²) in [5.74, 6) is 0. The monoisotopic (exact) mass is 253 g/mol. The van der Waals surface area contributed by atoms with Gasteiger partial charge in [-0.1, -0.05) is 46.3 Å². The van der Waals surface area contributed by atoms with E-state index in [1.54, 1.807) is 0 Å². The molecule has 14 heavy (non-hydrogen) atoms. The number of hydrogen-bond donors (Lipinski definition) is 0. The van der Waals surface area contributed by atoms with Crippen LogP contribution in [0.1, 0.15) is 18.4 Å². The summed E-state index contributed by atoms with van der Waals surface area (Å²) in [6, 6.07) is 11.5. The van der Waals surface area contributed by atoms with Crippen LogP contribution < -0.4 is 0 Å². The third-order valence-corrected chi connectivity index (χ3v) is 3.65.